The van der Waals surface area contributed by atoms with Gasteiger partial charge in [-0.25, -0.2) is 0 Å². The summed E-state index contributed by atoms with van der Waals surface area (Å²) < 4.78 is 5.39. The van der Waals surface area contributed by atoms with Gasteiger partial charge in [-0.1, -0.05) is 6.07 Å². The maximum atomic E-state index is 12.6. The lowest BCUT2D eigenvalue weighted by atomic mass is 10.1. The van der Waals surface area contributed by atoms with Crippen molar-refractivity contribution < 1.29 is 19.4 Å². The zero-order valence-corrected chi connectivity index (χ0v) is 13.7. The fourth-order valence-corrected chi connectivity index (χ4v) is 2.36. The molecule has 0 fully saturated rings. The van der Waals surface area contributed by atoms with Crippen LogP contribution in [0, 0.1) is 6.92 Å². The number of aromatic nitrogens is 3. The molecular formula is C16H20N4O4. The normalized spacial score (nSPS) is 10.4. The summed E-state index contributed by atoms with van der Waals surface area (Å²) in [6.45, 7) is 2.23. The Morgan fingerprint density at radius 1 is 1.25 bits per heavy atom. The van der Waals surface area contributed by atoms with E-state index in [1.807, 2.05) is 13.0 Å². The number of carbonyl (C=O) groups is 2. The van der Waals surface area contributed by atoms with Crippen LogP contribution < -0.4 is 10.1 Å². The molecule has 1 aromatic heterocycles. The first-order chi connectivity index (χ1) is 11.5. The largest absolute Gasteiger partial charge is 0.496 e. The van der Waals surface area contributed by atoms with Gasteiger partial charge in [0.15, 0.2) is 0 Å². The molecule has 2 N–H and O–H groups in total. The van der Waals surface area contributed by atoms with E-state index in [1.165, 1.54) is 24.3 Å². The van der Waals surface area contributed by atoms with Gasteiger partial charge in [-0.05, 0) is 31.4 Å². The lowest BCUT2D eigenvalue weighted by molar-refractivity contribution is -0.137. The van der Waals surface area contributed by atoms with Crippen LogP contribution in [0.2, 0.25) is 0 Å². The average molecular weight is 332 g/mol. The van der Waals surface area contributed by atoms with E-state index in [0.29, 0.717) is 36.4 Å². The highest BCUT2D eigenvalue weighted by molar-refractivity contribution is 6.01. The number of aliphatic carboxylic acids is 1. The maximum Gasteiger partial charge on any atom is 0.303 e. The van der Waals surface area contributed by atoms with E-state index in [4.69, 9.17) is 9.84 Å². The summed E-state index contributed by atoms with van der Waals surface area (Å²) in [6.07, 6.45) is 4.24. The van der Waals surface area contributed by atoms with E-state index < -0.39 is 5.97 Å². The number of nitrogens with one attached hydrogen (secondary N) is 1. The number of unbranched alkanes of at least 4 members (excludes halogenated alkanes) is 1. The number of hydrogen-bond acceptors (Lipinski definition) is 5. The van der Waals surface area contributed by atoms with Crippen LogP contribution in [0.15, 0.2) is 24.5 Å². The first-order valence-electron chi connectivity index (χ1n) is 7.59. The number of amides is 1. The van der Waals surface area contributed by atoms with Crippen molar-refractivity contribution in [3.8, 4) is 11.4 Å². The van der Waals surface area contributed by atoms with Crippen molar-refractivity contribution in [2.75, 3.05) is 13.7 Å². The van der Waals surface area contributed by atoms with Crippen LogP contribution in [-0.2, 0) is 4.79 Å². The molecule has 0 aliphatic rings. The van der Waals surface area contributed by atoms with Gasteiger partial charge in [0.25, 0.3) is 5.91 Å². The minimum atomic E-state index is -0.839. The van der Waals surface area contributed by atoms with Crippen molar-refractivity contribution >= 4 is 11.9 Å². The predicted octanol–water partition coefficient (Wildman–Crippen LogP) is 1.57. The van der Waals surface area contributed by atoms with Crippen LogP contribution in [0.4, 0.5) is 0 Å². The summed E-state index contributed by atoms with van der Waals surface area (Å²) in [5, 5.41) is 19.6. The van der Waals surface area contributed by atoms with Gasteiger partial charge in [-0.2, -0.15) is 15.0 Å². The maximum absolute atomic E-state index is 12.6. The number of methoxy groups -OCH3 is 1. The minimum Gasteiger partial charge on any atom is -0.496 e. The fourth-order valence-electron chi connectivity index (χ4n) is 2.36. The number of carbonyl (C=O) groups excluding carboxylic acids is 1. The van der Waals surface area contributed by atoms with Crippen LogP contribution in [0.25, 0.3) is 5.69 Å². The van der Waals surface area contributed by atoms with Gasteiger partial charge in [-0.3, -0.25) is 9.59 Å². The number of nitrogens with zero attached hydrogens (tertiary/aromatic N) is 3. The Hall–Kier alpha value is -2.90. The molecule has 0 saturated heterocycles. The summed E-state index contributed by atoms with van der Waals surface area (Å²) in [5.74, 6) is -0.681. The van der Waals surface area contributed by atoms with Crippen molar-refractivity contribution in [1.29, 1.82) is 0 Å². The first kappa shape index (κ1) is 17.5. The average Bonchev–Trinajstić information content (AvgIpc) is 3.08. The zero-order chi connectivity index (χ0) is 17.5. The van der Waals surface area contributed by atoms with Gasteiger partial charge >= 0.3 is 5.97 Å². The van der Waals surface area contributed by atoms with Gasteiger partial charge in [0.2, 0.25) is 0 Å². The van der Waals surface area contributed by atoms with Crippen molar-refractivity contribution in [1.82, 2.24) is 20.3 Å². The quantitative estimate of drug-likeness (QED) is 0.711. The van der Waals surface area contributed by atoms with E-state index in [2.05, 4.69) is 15.5 Å². The monoisotopic (exact) mass is 332 g/mol. The molecule has 8 heteroatoms. The number of ether oxygens (including phenoxy) is 1. The van der Waals surface area contributed by atoms with Crippen LogP contribution in [0.1, 0.15) is 35.2 Å². The molecule has 128 valence electrons. The Kier molecular flexibility index (Phi) is 5.89. The third-order valence-electron chi connectivity index (χ3n) is 3.50. The van der Waals surface area contributed by atoms with Gasteiger partial charge in [0.1, 0.15) is 17.0 Å². The molecule has 0 bridgehead atoms. The minimum absolute atomic E-state index is 0.0894. The van der Waals surface area contributed by atoms with Gasteiger partial charge in [0, 0.05) is 13.0 Å². The molecule has 0 aliphatic carbocycles. The summed E-state index contributed by atoms with van der Waals surface area (Å²) in [5.41, 5.74) is 1.70. The van der Waals surface area contributed by atoms with E-state index in [-0.39, 0.29) is 12.3 Å². The zero-order valence-electron chi connectivity index (χ0n) is 13.7. The molecule has 0 saturated carbocycles. The second-order valence-corrected chi connectivity index (χ2v) is 5.24. The molecule has 0 radical (unpaired) electrons. The van der Waals surface area contributed by atoms with E-state index in [9.17, 15) is 9.59 Å². The van der Waals surface area contributed by atoms with Crippen molar-refractivity contribution in [2.24, 2.45) is 0 Å². The summed E-state index contributed by atoms with van der Waals surface area (Å²) in [6, 6.07) is 3.60. The standard InChI is InChI=1S/C16H20N4O4/c1-11-6-7-12(20-18-9-10-19-20)14(15(11)24-2)16(23)17-8-4-3-5-13(21)22/h6-7,9-10H,3-5,8H2,1-2H3,(H,17,23)(H,21,22). The predicted molar refractivity (Wildman–Crippen MR) is 86.5 cm³/mol. The topological polar surface area (TPSA) is 106 Å². The molecule has 1 amide bonds. The molecule has 1 heterocycles. The van der Waals surface area contributed by atoms with Crippen LogP contribution in [0.5, 0.6) is 5.75 Å². The molecule has 0 atom stereocenters. The van der Waals surface area contributed by atoms with Crippen LogP contribution in [-0.4, -0.2) is 45.6 Å². The molecule has 2 aromatic rings. The lowest BCUT2D eigenvalue weighted by Crippen LogP contribution is -2.27. The smallest absolute Gasteiger partial charge is 0.303 e. The summed E-state index contributed by atoms with van der Waals surface area (Å²) >= 11 is 0. The first-order valence-corrected chi connectivity index (χ1v) is 7.59. The Balaban J connectivity index is 2.19. The summed E-state index contributed by atoms with van der Waals surface area (Å²) in [7, 11) is 1.51. The number of benzene rings is 1. The van der Waals surface area contributed by atoms with Gasteiger partial charge < -0.3 is 15.2 Å². The fraction of sp³-hybridized carbons (Fsp3) is 0.375. The highest BCUT2D eigenvalue weighted by Gasteiger charge is 2.21. The third kappa shape index (κ3) is 4.09. The highest BCUT2D eigenvalue weighted by Crippen LogP contribution is 2.28. The number of aryl methyl sites for hydroxylation is 1. The Morgan fingerprint density at radius 2 is 1.96 bits per heavy atom. The van der Waals surface area contributed by atoms with Crippen molar-refractivity contribution in [3.63, 3.8) is 0 Å². The number of carboxylic acids is 1. The Morgan fingerprint density at radius 3 is 2.58 bits per heavy atom. The molecule has 0 aliphatic heterocycles. The molecule has 2 rings (SSSR count). The van der Waals surface area contributed by atoms with Gasteiger partial charge in [0.05, 0.1) is 19.5 Å². The van der Waals surface area contributed by atoms with Crippen molar-refractivity contribution in [2.45, 2.75) is 26.2 Å². The molecule has 1 aromatic carbocycles. The van der Waals surface area contributed by atoms with E-state index in [1.54, 1.807) is 6.07 Å². The molecule has 0 spiro atoms. The van der Waals surface area contributed by atoms with Crippen molar-refractivity contribution in [3.05, 3.63) is 35.7 Å². The third-order valence-corrected chi connectivity index (χ3v) is 3.50. The number of hydrogen-bond donors (Lipinski definition) is 2. The Bertz CT molecular complexity index is 713. The Labute approximate surface area is 139 Å². The van der Waals surface area contributed by atoms with E-state index >= 15 is 0 Å². The molecule has 8 nitrogen and oxygen atoms in total. The lowest BCUT2D eigenvalue weighted by Gasteiger charge is -2.15. The second-order valence-electron chi connectivity index (χ2n) is 5.24. The van der Waals surface area contributed by atoms with Gasteiger partial charge in [-0.15, -0.1) is 0 Å². The van der Waals surface area contributed by atoms with Crippen LogP contribution in [0.3, 0.4) is 0 Å². The summed E-state index contributed by atoms with van der Waals surface area (Å²) in [4.78, 5) is 24.5. The highest BCUT2D eigenvalue weighted by atomic mass is 16.5. The molecular weight excluding hydrogens is 312 g/mol. The number of carboxylic acid groups (broad SMARTS) is 1. The van der Waals surface area contributed by atoms with Crippen LogP contribution >= 0.6 is 0 Å². The SMILES string of the molecule is COc1c(C)ccc(-n2nccn2)c1C(=O)NCCCCC(=O)O. The number of rotatable bonds is 8. The molecule has 0 unspecified atom stereocenters. The van der Waals surface area contributed by atoms with E-state index in [0.717, 1.165) is 5.56 Å². The second kappa shape index (κ2) is 8.09. The molecule has 24 heavy (non-hydrogen) atoms.